The first kappa shape index (κ1) is 14.5. The molecule has 5 aromatic heterocycles. The van der Waals surface area contributed by atoms with Crippen molar-refractivity contribution in [1.82, 2.24) is 8.97 Å². The van der Waals surface area contributed by atoms with Crippen molar-refractivity contribution in [2.75, 3.05) is 0 Å². The third-order valence-electron chi connectivity index (χ3n) is 6.60. The summed E-state index contributed by atoms with van der Waals surface area (Å²) in [5.41, 5.74) is 8.15. The number of aryl methyl sites for hydroxylation is 1. The molecule has 29 heavy (non-hydrogen) atoms. The van der Waals surface area contributed by atoms with Crippen molar-refractivity contribution in [3.63, 3.8) is 0 Å². The molecule has 5 heterocycles. The van der Waals surface area contributed by atoms with E-state index in [1.807, 2.05) is 6.07 Å². The summed E-state index contributed by atoms with van der Waals surface area (Å²) in [4.78, 5) is 0. The van der Waals surface area contributed by atoms with E-state index in [0.717, 1.165) is 11.2 Å². The Kier molecular flexibility index (Phi) is 2.28. The van der Waals surface area contributed by atoms with Gasteiger partial charge in [0.15, 0.2) is 5.58 Å². The molecule has 0 saturated heterocycles. The minimum Gasteiger partial charge on any atom is -0.454 e. The first-order valence-electron chi connectivity index (χ1n) is 9.75. The van der Waals surface area contributed by atoms with E-state index in [9.17, 15) is 0 Å². The molecule has 0 amide bonds. The van der Waals surface area contributed by atoms with E-state index in [2.05, 4.69) is 75.3 Å². The highest BCUT2D eigenvalue weighted by Crippen LogP contribution is 2.46. The molecular weight excluding hydrogens is 376 g/mol. The number of hydrogen-bond acceptors (Lipinski definition) is 2. The second-order valence-corrected chi connectivity index (χ2v) is 8.64. The minimum absolute atomic E-state index is 0.944. The van der Waals surface area contributed by atoms with Crippen LogP contribution in [-0.2, 0) is 7.05 Å². The van der Waals surface area contributed by atoms with Crippen molar-refractivity contribution in [1.29, 1.82) is 0 Å². The Hall–Kier alpha value is -3.50. The number of hydrogen-bond donors (Lipinski definition) is 0. The zero-order valence-corrected chi connectivity index (χ0v) is 16.4. The zero-order valence-electron chi connectivity index (χ0n) is 15.6. The van der Waals surface area contributed by atoms with Crippen LogP contribution in [0.5, 0.6) is 0 Å². The fraction of sp³-hybridized carbons (Fsp3) is 0.0400. The molecule has 136 valence electrons. The molecule has 0 aliphatic heterocycles. The Bertz CT molecular complexity index is 1920. The molecule has 3 nitrogen and oxygen atoms in total. The summed E-state index contributed by atoms with van der Waals surface area (Å²) < 4.78 is 11.2. The molecule has 0 atom stereocenters. The quantitative estimate of drug-likeness (QED) is 0.266. The van der Waals surface area contributed by atoms with Gasteiger partial charge in [-0.15, -0.1) is 11.3 Å². The zero-order chi connectivity index (χ0) is 18.9. The summed E-state index contributed by atoms with van der Waals surface area (Å²) in [6.45, 7) is 0. The van der Waals surface area contributed by atoms with Gasteiger partial charge in [0.2, 0.25) is 0 Å². The van der Waals surface area contributed by atoms with Crippen LogP contribution in [0.1, 0.15) is 0 Å². The molecule has 0 aliphatic carbocycles. The van der Waals surface area contributed by atoms with Crippen LogP contribution in [0, 0.1) is 0 Å². The molecular formula is C25H14N2OS. The number of nitrogens with zero attached hydrogens (tertiary/aromatic N) is 2. The Balaban J connectivity index is 1.92. The Morgan fingerprint density at radius 2 is 1.55 bits per heavy atom. The predicted molar refractivity (Wildman–Crippen MR) is 123 cm³/mol. The molecule has 0 N–H and O–H groups in total. The molecule has 4 heteroatoms. The summed E-state index contributed by atoms with van der Waals surface area (Å²) in [6.07, 6.45) is 0. The first-order chi connectivity index (χ1) is 14.3. The van der Waals surface area contributed by atoms with E-state index in [1.165, 1.54) is 59.9 Å². The van der Waals surface area contributed by atoms with Crippen molar-refractivity contribution in [2.24, 2.45) is 7.05 Å². The molecule has 0 spiro atoms. The van der Waals surface area contributed by atoms with Crippen LogP contribution in [0.4, 0.5) is 0 Å². The van der Waals surface area contributed by atoms with Gasteiger partial charge in [-0.25, -0.2) is 0 Å². The monoisotopic (exact) mass is 390 g/mol. The van der Waals surface area contributed by atoms with Crippen molar-refractivity contribution in [2.45, 2.75) is 0 Å². The highest BCUT2D eigenvalue weighted by atomic mass is 32.1. The van der Waals surface area contributed by atoms with Gasteiger partial charge in [0.1, 0.15) is 11.1 Å². The molecule has 3 aromatic carbocycles. The average Bonchev–Trinajstić information content (AvgIpc) is 3.48. The summed E-state index contributed by atoms with van der Waals surface area (Å²) in [5, 5.41) is 12.2. The Morgan fingerprint density at radius 1 is 0.690 bits per heavy atom. The summed E-state index contributed by atoms with van der Waals surface area (Å²) >= 11 is 1.77. The van der Waals surface area contributed by atoms with Gasteiger partial charge in [-0.05, 0) is 35.7 Å². The fourth-order valence-corrected chi connectivity index (χ4v) is 6.23. The smallest absolute Gasteiger partial charge is 0.161 e. The molecule has 0 fully saturated rings. The van der Waals surface area contributed by atoms with Crippen LogP contribution in [0.25, 0.3) is 71.1 Å². The molecule has 8 rings (SSSR count). The number of rotatable bonds is 0. The van der Waals surface area contributed by atoms with Crippen molar-refractivity contribution in [3.05, 3.63) is 65.4 Å². The largest absolute Gasteiger partial charge is 0.454 e. The lowest BCUT2D eigenvalue weighted by molar-refractivity contribution is 0.673. The number of fused-ring (bicyclic) bond motifs is 8. The van der Waals surface area contributed by atoms with E-state index in [0.29, 0.717) is 0 Å². The maximum atomic E-state index is 6.40. The highest BCUT2D eigenvalue weighted by Gasteiger charge is 2.24. The van der Waals surface area contributed by atoms with Crippen LogP contribution >= 0.6 is 11.3 Å². The van der Waals surface area contributed by atoms with Crippen LogP contribution in [0.3, 0.4) is 0 Å². The summed E-state index contributed by atoms with van der Waals surface area (Å²) in [7, 11) is 2.17. The van der Waals surface area contributed by atoms with Crippen LogP contribution < -0.4 is 0 Å². The van der Waals surface area contributed by atoms with Gasteiger partial charge in [0, 0.05) is 50.3 Å². The molecule has 0 unspecified atom stereocenters. The minimum atomic E-state index is 0.944. The lowest BCUT2D eigenvalue weighted by Crippen LogP contribution is -1.87. The van der Waals surface area contributed by atoms with Gasteiger partial charge in [0.05, 0.1) is 16.6 Å². The maximum absolute atomic E-state index is 6.40. The molecule has 0 bridgehead atoms. The van der Waals surface area contributed by atoms with Crippen molar-refractivity contribution < 1.29 is 4.42 Å². The number of aromatic nitrogens is 2. The molecule has 0 radical (unpaired) electrons. The van der Waals surface area contributed by atoms with Gasteiger partial charge >= 0.3 is 0 Å². The first-order valence-corrected chi connectivity index (χ1v) is 10.7. The van der Waals surface area contributed by atoms with Gasteiger partial charge in [-0.1, -0.05) is 24.3 Å². The number of benzene rings is 3. The average molecular weight is 390 g/mol. The second-order valence-electron chi connectivity index (χ2n) is 7.90. The fourth-order valence-electron chi connectivity index (χ4n) is 5.41. The molecule has 0 aliphatic rings. The Labute approximate surface area is 168 Å². The Morgan fingerprint density at radius 3 is 2.52 bits per heavy atom. The third-order valence-corrected chi connectivity index (χ3v) is 7.34. The highest BCUT2D eigenvalue weighted by molar-refractivity contribution is 7.09. The van der Waals surface area contributed by atoms with Gasteiger partial charge < -0.3 is 13.4 Å². The van der Waals surface area contributed by atoms with E-state index in [-0.39, 0.29) is 0 Å². The van der Waals surface area contributed by atoms with Gasteiger partial charge in [0.25, 0.3) is 0 Å². The normalized spacial score (nSPS) is 13.0. The van der Waals surface area contributed by atoms with Crippen LogP contribution in [0.2, 0.25) is 0 Å². The standard InChI is InChI=1S/C25H14N2OS/c1-26-17-7-4-6-13-16-11-29-12-19(16)27-23-15(9-10-18(26)22(23)21(13)17)25-24(27)14-5-2-3-8-20(14)28-25/h2-12H,1H3. The summed E-state index contributed by atoms with van der Waals surface area (Å²) in [6, 6.07) is 19.5. The van der Waals surface area contributed by atoms with E-state index < -0.39 is 0 Å². The topological polar surface area (TPSA) is 22.5 Å². The number of para-hydroxylation sites is 1. The van der Waals surface area contributed by atoms with Crippen LogP contribution in [-0.4, -0.2) is 8.97 Å². The number of thiophene rings is 1. The van der Waals surface area contributed by atoms with Crippen LogP contribution in [0.15, 0.2) is 69.8 Å². The van der Waals surface area contributed by atoms with E-state index in [1.54, 1.807) is 11.3 Å². The lowest BCUT2D eigenvalue weighted by atomic mass is 10.1. The van der Waals surface area contributed by atoms with E-state index in [4.69, 9.17) is 4.42 Å². The van der Waals surface area contributed by atoms with Crippen molar-refractivity contribution >= 4 is 82.4 Å². The third kappa shape index (κ3) is 1.45. The second kappa shape index (κ2) is 4.56. The summed E-state index contributed by atoms with van der Waals surface area (Å²) in [5.74, 6) is 0. The number of furan rings is 1. The maximum Gasteiger partial charge on any atom is 0.161 e. The molecule has 0 saturated carbocycles. The van der Waals surface area contributed by atoms with Gasteiger partial charge in [-0.2, -0.15) is 0 Å². The predicted octanol–water partition coefficient (Wildman–Crippen LogP) is 7.29. The lowest BCUT2D eigenvalue weighted by Gasteiger charge is -2.01. The van der Waals surface area contributed by atoms with E-state index >= 15 is 0 Å². The van der Waals surface area contributed by atoms with Gasteiger partial charge in [-0.3, -0.25) is 0 Å². The van der Waals surface area contributed by atoms with Crippen molar-refractivity contribution in [3.8, 4) is 0 Å². The molecule has 8 aromatic rings. The SMILES string of the molecule is Cn1c2cccc3c4cscc4n4c5c6ccccc6oc5c5ccc1c(c32)c54.